The van der Waals surface area contributed by atoms with Crippen LogP contribution >= 0.6 is 0 Å². The number of carbonyl (C=O) groups excluding carboxylic acids is 1. The monoisotopic (exact) mass is 272 g/mol. The molecule has 1 unspecified atom stereocenters. The fraction of sp³-hybridized carbons (Fsp3) is 0.929. The number of hydrogen-bond donors (Lipinski definition) is 0. The molecule has 5 nitrogen and oxygen atoms in total. The SMILES string of the molecule is CCOCCC(=O)N(C)CC1CCN(CCOC)C1. The molecule has 1 fully saturated rings. The van der Waals surface area contributed by atoms with Gasteiger partial charge in [-0.15, -0.1) is 0 Å². The molecule has 0 N–H and O–H groups in total. The van der Waals surface area contributed by atoms with Crippen molar-refractivity contribution in [2.45, 2.75) is 19.8 Å². The maximum Gasteiger partial charge on any atom is 0.224 e. The van der Waals surface area contributed by atoms with Gasteiger partial charge in [0.15, 0.2) is 0 Å². The van der Waals surface area contributed by atoms with E-state index < -0.39 is 0 Å². The highest BCUT2D eigenvalue weighted by molar-refractivity contribution is 5.75. The van der Waals surface area contributed by atoms with Crippen molar-refractivity contribution >= 4 is 5.91 Å². The zero-order chi connectivity index (χ0) is 14.1. The second kappa shape index (κ2) is 9.28. The number of methoxy groups -OCH3 is 1. The first kappa shape index (κ1) is 16.4. The number of ether oxygens (including phenoxy) is 2. The van der Waals surface area contributed by atoms with E-state index in [0.717, 1.165) is 32.8 Å². The van der Waals surface area contributed by atoms with Crippen molar-refractivity contribution in [2.24, 2.45) is 5.92 Å². The van der Waals surface area contributed by atoms with Crippen LogP contribution in [0.2, 0.25) is 0 Å². The molecule has 0 bridgehead atoms. The number of carbonyl (C=O) groups is 1. The molecule has 1 rings (SSSR count). The van der Waals surface area contributed by atoms with Crippen LogP contribution in [0.15, 0.2) is 0 Å². The average molecular weight is 272 g/mol. The third kappa shape index (κ3) is 6.36. The first-order valence-corrected chi connectivity index (χ1v) is 7.20. The molecule has 1 aliphatic rings. The van der Waals surface area contributed by atoms with E-state index >= 15 is 0 Å². The minimum Gasteiger partial charge on any atom is -0.383 e. The second-order valence-electron chi connectivity index (χ2n) is 5.17. The van der Waals surface area contributed by atoms with Crippen LogP contribution in [0.5, 0.6) is 0 Å². The van der Waals surface area contributed by atoms with Crippen LogP contribution in [0.4, 0.5) is 0 Å². The maximum atomic E-state index is 11.9. The number of hydrogen-bond acceptors (Lipinski definition) is 4. The quantitative estimate of drug-likeness (QED) is 0.583. The van der Waals surface area contributed by atoms with Crippen molar-refractivity contribution in [3.05, 3.63) is 0 Å². The molecule has 1 aliphatic heterocycles. The van der Waals surface area contributed by atoms with Gasteiger partial charge >= 0.3 is 0 Å². The Kier molecular flexibility index (Phi) is 8.02. The van der Waals surface area contributed by atoms with Gasteiger partial charge in [0.05, 0.1) is 19.6 Å². The summed E-state index contributed by atoms with van der Waals surface area (Å²) < 4.78 is 10.3. The van der Waals surface area contributed by atoms with E-state index in [2.05, 4.69) is 4.90 Å². The summed E-state index contributed by atoms with van der Waals surface area (Å²) in [6, 6.07) is 0. The molecule has 5 heteroatoms. The van der Waals surface area contributed by atoms with Crippen LogP contribution in [0, 0.1) is 5.92 Å². The predicted molar refractivity (Wildman–Crippen MR) is 75.2 cm³/mol. The molecule has 1 amide bonds. The van der Waals surface area contributed by atoms with Crippen LogP contribution in [0.1, 0.15) is 19.8 Å². The standard InChI is InChI=1S/C14H28N2O3/c1-4-19-9-6-14(17)15(2)11-13-5-7-16(12-13)8-10-18-3/h13H,4-12H2,1-3H3. The van der Waals surface area contributed by atoms with Gasteiger partial charge in [-0.25, -0.2) is 0 Å². The Hall–Kier alpha value is -0.650. The molecule has 1 atom stereocenters. The van der Waals surface area contributed by atoms with Crippen molar-refractivity contribution in [1.82, 2.24) is 9.80 Å². The minimum atomic E-state index is 0.184. The van der Waals surface area contributed by atoms with Crippen LogP contribution in [0.25, 0.3) is 0 Å². The summed E-state index contributed by atoms with van der Waals surface area (Å²) in [6.07, 6.45) is 1.66. The summed E-state index contributed by atoms with van der Waals surface area (Å²) >= 11 is 0. The van der Waals surface area contributed by atoms with E-state index in [1.54, 1.807) is 7.11 Å². The molecule has 0 aromatic heterocycles. The molecule has 1 saturated heterocycles. The fourth-order valence-electron chi connectivity index (χ4n) is 2.47. The lowest BCUT2D eigenvalue weighted by Gasteiger charge is -2.22. The summed E-state index contributed by atoms with van der Waals surface area (Å²) in [5.74, 6) is 0.779. The highest BCUT2D eigenvalue weighted by atomic mass is 16.5. The molecule has 0 saturated carbocycles. The molecule has 0 aliphatic carbocycles. The summed E-state index contributed by atoms with van der Waals surface area (Å²) in [5.41, 5.74) is 0. The molecule has 19 heavy (non-hydrogen) atoms. The molecule has 0 radical (unpaired) electrons. The number of rotatable bonds is 9. The van der Waals surface area contributed by atoms with Crippen molar-refractivity contribution in [3.8, 4) is 0 Å². The van der Waals surface area contributed by atoms with Gasteiger partial charge in [0.25, 0.3) is 0 Å². The smallest absolute Gasteiger partial charge is 0.224 e. The van der Waals surface area contributed by atoms with Gasteiger partial charge in [-0.1, -0.05) is 0 Å². The Morgan fingerprint density at radius 2 is 2.21 bits per heavy atom. The number of nitrogens with zero attached hydrogens (tertiary/aromatic N) is 2. The fourth-order valence-corrected chi connectivity index (χ4v) is 2.47. The molecule has 0 aromatic carbocycles. The minimum absolute atomic E-state index is 0.184. The molecular weight excluding hydrogens is 244 g/mol. The van der Waals surface area contributed by atoms with Crippen molar-refractivity contribution in [2.75, 3.05) is 60.2 Å². The molecule has 0 spiro atoms. The van der Waals surface area contributed by atoms with Gasteiger partial charge < -0.3 is 19.3 Å². The van der Waals surface area contributed by atoms with E-state index in [1.165, 1.54) is 6.42 Å². The molecule has 112 valence electrons. The van der Waals surface area contributed by atoms with Gasteiger partial charge in [-0.05, 0) is 25.8 Å². The van der Waals surface area contributed by atoms with E-state index in [9.17, 15) is 4.79 Å². The predicted octanol–water partition coefficient (Wildman–Crippen LogP) is 0.840. The van der Waals surface area contributed by atoms with Crippen LogP contribution < -0.4 is 0 Å². The van der Waals surface area contributed by atoms with Gasteiger partial charge in [0, 0.05) is 40.4 Å². The first-order valence-electron chi connectivity index (χ1n) is 7.20. The van der Waals surface area contributed by atoms with Gasteiger partial charge in [0.1, 0.15) is 0 Å². The van der Waals surface area contributed by atoms with E-state index in [4.69, 9.17) is 9.47 Å². The Balaban J connectivity index is 2.18. The summed E-state index contributed by atoms with van der Waals surface area (Å²) in [5, 5.41) is 0. The van der Waals surface area contributed by atoms with Crippen LogP contribution in [-0.4, -0.2) is 75.9 Å². The summed E-state index contributed by atoms with van der Waals surface area (Å²) in [4.78, 5) is 16.1. The van der Waals surface area contributed by atoms with Crippen molar-refractivity contribution in [1.29, 1.82) is 0 Å². The van der Waals surface area contributed by atoms with Gasteiger partial charge in [-0.2, -0.15) is 0 Å². The van der Waals surface area contributed by atoms with Gasteiger partial charge in [0.2, 0.25) is 5.91 Å². The van der Waals surface area contributed by atoms with Crippen LogP contribution in [-0.2, 0) is 14.3 Å². The third-order valence-corrected chi connectivity index (χ3v) is 3.60. The normalized spacial score (nSPS) is 19.8. The highest BCUT2D eigenvalue weighted by Gasteiger charge is 2.24. The zero-order valence-corrected chi connectivity index (χ0v) is 12.6. The Labute approximate surface area is 116 Å². The van der Waals surface area contributed by atoms with Crippen molar-refractivity contribution in [3.63, 3.8) is 0 Å². The van der Waals surface area contributed by atoms with E-state index in [1.807, 2.05) is 18.9 Å². The lowest BCUT2D eigenvalue weighted by atomic mass is 10.1. The third-order valence-electron chi connectivity index (χ3n) is 3.60. The van der Waals surface area contributed by atoms with Crippen LogP contribution in [0.3, 0.4) is 0 Å². The molecule has 0 aromatic rings. The number of amides is 1. The van der Waals surface area contributed by atoms with E-state index in [-0.39, 0.29) is 5.91 Å². The molecule has 1 heterocycles. The molecular formula is C14H28N2O3. The summed E-state index contributed by atoms with van der Waals surface area (Å²) in [6.45, 7) is 7.99. The lowest BCUT2D eigenvalue weighted by molar-refractivity contribution is -0.131. The Morgan fingerprint density at radius 3 is 2.89 bits per heavy atom. The maximum absolute atomic E-state index is 11.9. The Morgan fingerprint density at radius 1 is 1.42 bits per heavy atom. The lowest BCUT2D eigenvalue weighted by Crippen LogP contribution is -2.34. The van der Waals surface area contributed by atoms with E-state index in [0.29, 0.717) is 25.6 Å². The highest BCUT2D eigenvalue weighted by Crippen LogP contribution is 2.16. The second-order valence-corrected chi connectivity index (χ2v) is 5.17. The largest absolute Gasteiger partial charge is 0.383 e. The average Bonchev–Trinajstić information content (AvgIpc) is 2.84. The van der Waals surface area contributed by atoms with Gasteiger partial charge in [-0.3, -0.25) is 4.79 Å². The zero-order valence-electron chi connectivity index (χ0n) is 12.6. The summed E-state index contributed by atoms with van der Waals surface area (Å²) in [7, 11) is 3.63. The van der Waals surface area contributed by atoms with Crippen molar-refractivity contribution < 1.29 is 14.3 Å². The topological polar surface area (TPSA) is 42.0 Å². The Bertz CT molecular complexity index is 261. The number of likely N-dealkylation sites (tertiary alicyclic amines) is 1. The first-order chi connectivity index (χ1) is 9.17.